The van der Waals surface area contributed by atoms with E-state index in [1.807, 2.05) is 68.4 Å². The van der Waals surface area contributed by atoms with Crippen molar-refractivity contribution in [1.29, 1.82) is 0 Å². The molecule has 0 saturated carbocycles. The number of azide groups is 1. The minimum Gasteiger partial charge on any atom is -0.365 e. The molecule has 1 aliphatic rings. The lowest BCUT2D eigenvalue weighted by Gasteiger charge is -2.24. The molecule has 5 N–H and O–H groups in total. The first-order valence-electron chi connectivity index (χ1n) is 13.5. The van der Waals surface area contributed by atoms with Crippen molar-refractivity contribution in [3.63, 3.8) is 0 Å². The predicted molar refractivity (Wildman–Crippen MR) is 171 cm³/mol. The summed E-state index contributed by atoms with van der Waals surface area (Å²) in [5.41, 5.74) is 9.07. The summed E-state index contributed by atoms with van der Waals surface area (Å²) in [6, 6.07) is 16.4. The summed E-state index contributed by atoms with van der Waals surface area (Å²) in [5.74, 6) is -0.0236. The highest BCUT2D eigenvalue weighted by Crippen LogP contribution is 2.66. The van der Waals surface area contributed by atoms with Gasteiger partial charge in [0.15, 0.2) is 0 Å². The number of rotatable bonds is 19. The van der Waals surface area contributed by atoms with Crippen LogP contribution in [-0.4, -0.2) is 68.1 Å². The van der Waals surface area contributed by atoms with E-state index in [0.29, 0.717) is 19.4 Å². The summed E-state index contributed by atoms with van der Waals surface area (Å²) in [6.45, 7) is 3.80. The summed E-state index contributed by atoms with van der Waals surface area (Å²) in [5, 5.41) is 6.24. The summed E-state index contributed by atoms with van der Waals surface area (Å²) in [7, 11) is -13.8. The molecule has 1 saturated heterocycles. The van der Waals surface area contributed by atoms with Gasteiger partial charge in [0.2, 0.25) is 5.91 Å². The largest absolute Gasteiger partial charge is 0.490 e. The monoisotopic (exact) mass is 746 g/mol. The van der Waals surface area contributed by atoms with Gasteiger partial charge in [-0.3, -0.25) is 9.32 Å². The van der Waals surface area contributed by atoms with Crippen molar-refractivity contribution in [1.82, 2.24) is 5.32 Å². The van der Waals surface area contributed by atoms with Crippen molar-refractivity contribution in [2.75, 3.05) is 25.6 Å². The molecule has 1 aromatic rings. The molecule has 1 amide bonds. The van der Waals surface area contributed by atoms with Crippen LogP contribution < -0.4 is 5.32 Å². The molecule has 17 nitrogen and oxygen atoms in total. The molecule has 0 bridgehead atoms. The van der Waals surface area contributed by atoms with Crippen molar-refractivity contribution < 1.29 is 60.7 Å². The van der Waals surface area contributed by atoms with E-state index >= 15 is 0 Å². The smallest absolute Gasteiger partial charge is 0.365 e. The fraction of sp³-hybridized carbons (Fsp3) is 0.542. The average molecular weight is 747 g/mol. The van der Waals surface area contributed by atoms with Crippen LogP contribution in [0.4, 0.5) is 0 Å². The second kappa shape index (κ2) is 19.5. The number of nitrogens with one attached hydrogen (secondary N) is 1. The first-order chi connectivity index (χ1) is 21.5. The molecule has 46 heavy (non-hydrogen) atoms. The molecular weight excluding hydrogens is 709 g/mol. The second-order valence-corrected chi connectivity index (χ2v) is 17.5. The van der Waals surface area contributed by atoms with Gasteiger partial charge in [-0.25, -0.2) is 13.7 Å². The van der Waals surface area contributed by atoms with Gasteiger partial charge in [0.25, 0.3) is 0 Å². The Balaban J connectivity index is 2.04. The van der Waals surface area contributed by atoms with E-state index in [4.69, 9.17) is 29.3 Å². The molecule has 22 heteroatoms. The summed E-state index contributed by atoms with van der Waals surface area (Å²) in [4.78, 5) is 51.6. The molecule has 3 unspecified atom stereocenters. The Morgan fingerprint density at radius 2 is 1.70 bits per heavy atom. The lowest BCUT2D eigenvalue weighted by Crippen LogP contribution is -2.35. The molecule has 1 heterocycles. The van der Waals surface area contributed by atoms with Crippen LogP contribution in [0.3, 0.4) is 0 Å². The number of hydrogen-bond acceptors (Lipinski definition) is 12. The third-order valence-electron chi connectivity index (χ3n) is 5.68. The van der Waals surface area contributed by atoms with E-state index in [-0.39, 0.29) is 29.6 Å². The topological polar surface area (TPSA) is 256 Å². The first kappa shape index (κ1) is 40.7. The standard InChI is InChI=1S/C24H37N4O13P3S2/c1-24(2,17-26-23(29)13-10-14-27-28-25)46-45-18-37-21-15-20(19-11-8-6-4-3-5-7-9-12-19)39-22(21)16-38-43(33,34)41-44(35,36)40-42(30,31)32/h3-9,11-12,20-22H,10,13-18H2,1-2H3,(H,26,29)(H,33,34)(H,35,36)(H2,30,31,32)/t20-,21?,22-/m1/s1. The van der Waals surface area contributed by atoms with Gasteiger partial charge in [0.1, 0.15) is 12.0 Å². The molecule has 258 valence electrons. The Kier molecular flexibility index (Phi) is 17.2. The van der Waals surface area contributed by atoms with E-state index in [1.54, 1.807) is 0 Å². The molecule has 2 rings (SSSR count). The zero-order chi connectivity index (χ0) is 34.3. The highest BCUT2D eigenvalue weighted by molar-refractivity contribution is 8.77. The average Bonchev–Trinajstić information content (AvgIpc) is 3.35. The van der Waals surface area contributed by atoms with Gasteiger partial charge in [-0.2, -0.15) is 8.62 Å². The Morgan fingerprint density at radius 3 is 2.30 bits per heavy atom. The Labute approximate surface area is 273 Å². The SMILES string of the molecule is CC(C)(CNC(=O)CCCN=[N+]=[N-])SSCOC1C[C@H](c2ccccccccc2)O[C@@H]1COP(=O)(O)OP(=O)(O)OP(=O)(O)O. The summed E-state index contributed by atoms with van der Waals surface area (Å²) >= 11 is 0. The molecule has 1 aliphatic heterocycles. The minimum atomic E-state index is -5.68. The van der Waals surface area contributed by atoms with Gasteiger partial charge in [0, 0.05) is 35.6 Å². The molecule has 5 atom stereocenters. The number of phosphoric acid groups is 3. The van der Waals surface area contributed by atoms with Crippen LogP contribution >= 0.6 is 45.1 Å². The van der Waals surface area contributed by atoms with Crippen LogP contribution in [0, 0.1) is 0 Å². The van der Waals surface area contributed by atoms with Crippen molar-refractivity contribution >= 4 is 51.0 Å². The number of amides is 1. The molecule has 0 radical (unpaired) electrons. The molecule has 0 spiro atoms. The van der Waals surface area contributed by atoms with E-state index in [1.165, 1.54) is 21.6 Å². The summed E-state index contributed by atoms with van der Waals surface area (Å²) in [6.07, 6.45) is -1.23. The quantitative estimate of drug-likeness (QED) is 0.0217. The number of ether oxygens (including phenoxy) is 2. The van der Waals surface area contributed by atoms with Gasteiger partial charge in [-0.05, 0) is 31.4 Å². The molecule has 0 aliphatic carbocycles. The number of nitrogens with zero attached hydrogens (tertiary/aromatic N) is 3. The predicted octanol–water partition coefficient (Wildman–Crippen LogP) is 5.69. The second-order valence-electron chi connectivity index (χ2n) is 10.1. The Bertz CT molecular complexity index is 1370. The fourth-order valence-corrected chi connectivity index (χ4v) is 8.94. The van der Waals surface area contributed by atoms with E-state index in [0.717, 1.165) is 5.56 Å². The van der Waals surface area contributed by atoms with Gasteiger partial charge >= 0.3 is 23.5 Å². The fourth-order valence-electron chi connectivity index (χ4n) is 3.73. The van der Waals surface area contributed by atoms with Crippen LogP contribution in [0.1, 0.15) is 44.8 Å². The third-order valence-corrected chi connectivity index (χ3v) is 12.4. The van der Waals surface area contributed by atoms with Crippen LogP contribution in [0.25, 0.3) is 10.4 Å². The lowest BCUT2D eigenvalue weighted by molar-refractivity contribution is -0.121. The van der Waals surface area contributed by atoms with Gasteiger partial charge < -0.3 is 34.4 Å². The van der Waals surface area contributed by atoms with Crippen molar-refractivity contribution in [2.24, 2.45) is 5.11 Å². The van der Waals surface area contributed by atoms with Crippen LogP contribution in [0.2, 0.25) is 0 Å². The highest BCUT2D eigenvalue weighted by atomic mass is 33.1. The van der Waals surface area contributed by atoms with E-state index in [9.17, 15) is 28.3 Å². The van der Waals surface area contributed by atoms with E-state index in [2.05, 4.69) is 24.0 Å². The van der Waals surface area contributed by atoms with Gasteiger partial charge in [-0.15, -0.1) is 0 Å². The number of carbonyl (C=O) groups is 1. The zero-order valence-corrected chi connectivity index (χ0v) is 29.2. The summed E-state index contributed by atoms with van der Waals surface area (Å²) < 4.78 is 59.1. The Morgan fingerprint density at radius 1 is 1.07 bits per heavy atom. The molecule has 1 fully saturated rings. The van der Waals surface area contributed by atoms with Crippen molar-refractivity contribution in [3.8, 4) is 0 Å². The van der Waals surface area contributed by atoms with Gasteiger partial charge in [-0.1, -0.05) is 81.3 Å². The van der Waals surface area contributed by atoms with Crippen LogP contribution in [-0.2, 0) is 41.1 Å². The third kappa shape index (κ3) is 17.6. The normalized spacial score (nSPS) is 20.9. The maximum absolute atomic E-state index is 12.3. The maximum atomic E-state index is 12.3. The molecular formula is C24H37N4O13P3S2. The lowest BCUT2D eigenvalue weighted by atomic mass is 10.1. The minimum absolute atomic E-state index is 0.142. The van der Waals surface area contributed by atoms with Crippen molar-refractivity contribution in [3.05, 3.63) is 70.6 Å². The molecule has 0 aromatic heterocycles. The van der Waals surface area contributed by atoms with Crippen molar-refractivity contribution in [2.45, 2.75) is 56.2 Å². The number of carbonyl (C=O) groups excluding carboxylic acids is 1. The highest BCUT2D eigenvalue weighted by Gasteiger charge is 2.43. The molecule has 1 aromatic carbocycles. The number of phosphoric ester groups is 1. The van der Waals surface area contributed by atoms with E-state index < -0.39 is 48.4 Å². The van der Waals surface area contributed by atoms with Gasteiger partial charge in [0.05, 0.1) is 18.8 Å². The van der Waals surface area contributed by atoms with Crippen LogP contribution in [0.15, 0.2) is 59.7 Å². The zero-order valence-electron chi connectivity index (χ0n) is 24.8. The number of hydrogen-bond donors (Lipinski definition) is 5. The maximum Gasteiger partial charge on any atom is 0.490 e. The van der Waals surface area contributed by atoms with Crippen LogP contribution in [0.5, 0.6) is 0 Å². The Hall–Kier alpha value is -1.49. The first-order valence-corrected chi connectivity index (χ1v) is 20.4.